The summed E-state index contributed by atoms with van der Waals surface area (Å²) in [6, 6.07) is 8.43. The molecule has 1 amide bonds. The highest BCUT2D eigenvalue weighted by Crippen LogP contribution is 2.21. The molecule has 1 N–H and O–H groups in total. The average molecular weight is 360 g/mol. The van der Waals surface area contributed by atoms with Crippen LogP contribution in [0.25, 0.3) is 5.78 Å². The lowest BCUT2D eigenvalue weighted by Crippen LogP contribution is -2.34. The largest absolute Gasteiger partial charge is 0.305 e. The standard InChI is InChI=1S/C17H18ClN5O2/c1-10(2)16(25)22(13-6-4-12(18)5-7-13)9-14-20-17-19-11(3)8-15(24)23(17)21-14/h4-8,10H,9H2,1-3H3,(H,19,20,21). The zero-order valence-corrected chi connectivity index (χ0v) is 14.9. The molecule has 0 bridgehead atoms. The van der Waals surface area contributed by atoms with Crippen LogP contribution in [0.2, 0.25) is 5.02 Å². The molecule has 2 aromatic heterocycles. The summed E-state index contributed by atoms with van der Waals surface area (Å²) < 4.78 is 1.27. The molecular formula is C17H18ClN5O2. The Balaban J connectivity index is 2.00. The van der Waals surface area contributed by atoms with Crippen LogP contribution in [-0.2, 0) is 11.3 Å². The highest BCUT2D eigenvalue weighted by molar-refractivity contribution is 6.30. The van der Waals surface area contributed by atoms with Gasteiger partial charge in [0.15, 0.2) is 0 Å². The Morgan fingerprint density at radius 1 is 1.28 bits per heavy atom. The maximum atomic E-state index is 12.6. The van der Waals surface area contributed by atoms with Gasteiger partial charge in [-0.25, -0.2) is 4.98 Å². The van der Waals surface area contributed by atoms with Gasteiger partial charge in [-0.3, -0.25) is 14.7 Å². The number of carbonyl (C=O) groups excluding carboxylic acids is 1. The number of H-pyrrole nitrogens is 1. The van der Waals surface area contributed by atoms with E-state index >= 15 is 0 Å². The number of aromatic amines is 1. The van der Waals surface area contributed by atoms with Crippen molar-refractivity contribution in [2.24, 2.45) is 5.92 Å². The van der Waals surface area contributed by atoms with Gasteiger partial charge in [0.25, 0.3) is 11.3 Å². The van der Waals surface area contributed by atoms with Crippen molar-refractivity contribution < 1.29 is 4.79 Å². The number of hydrogen-bond acceptors (Lipinski definition) is 4. The van der Waals surface area contributed by atoms with Gasteiger partial charge in [0.1, 0.15) is 5.82 Å². The summed E-state index contributed by atoms with van der Waals surface area (Å²) in [5.41, 5.74) is 1.06. The fraction of sp³-hybridized carbons (Fsp3) is 0.294. The lowest BCUT2D eigenvalue weighted by molar-refractivity contribution is -0.121. The molecule has 3 aromatic rings. The summed E-state index contributed by atoms with van der Waals surface area (Å²) in [6.45, 7) is 5.59. The Labute approximate surface area is 149 Å². The Morgan fingerprint density at radius 3 is 2.60 bits per heavy atom. The van der Waals surface area contributed by atoms with Crippen LogP contribution < -0.4 is 10.5 Å². The molecule has 0 saturated heterocycles. The molecule has 7 nitrogen and oxygen atoms in total. The van der Waals surface area contributed by atoms with Crippen molar-refractivity contribution in [3.8, 4) is 0 Å². The molecule has 0 atom stereocenters. The second-order valence-corrected chi connectivity index (χ2v) is 6.53. The highest BCUT2D eigenvalue weighted by Gasteiger charge is 2.21. The summed E-state index contributed by atoms with van der Waals surface area (Å²) in [7, 11) is 0. The predicted molar refractivity (Wildman–Crippen MR) is 95.8 cm³/mol. The number of aromatic nitrogens is 4. The van der Waals surface area contributed by atoms with Gasteiger partial charge >= 0.3 is 0 Å². The number of aryl methyl sites for hydroxylation is 1. The molecule has 130 valence electrons. The van der Waals surface area contributed by atoms with Crippen LogP contribution >= 0.6 is 11.6 Å². The zero-order valence-electron chi connectivity index (χ0n) is 14.2. The molecule has 2 heterocycles. The highest BCUT2D eigenvalue weighted by atomic mass is 35.5. The first-order valence-electron chi connectivity index (χ1n) is 7.87. The summed E-state index contributed by atoms with van der Waals surface area (Å²) in [5, 5.41) is 3.50. The summed E-state index contributed by atoms with van der Waals surface area (Å²) in [6.07, 6.45) is 0. The maximum absolute atomic E-state index is 12.6. The Kier molecular flexibility index (Phi) is 4.59. The molecule has 1 aromatic carbocycles. The van der Waals surface area contributed by atoms with Crippen LogP contribution in [0.5, 0.6) is 0 Å². The minimum atomic E-state index is -0.241. The zero-order chi connectivity index (χ0) is 18.1. The van der Waals surface area contributed by atoms with Crippen LogP contribution in [0.4, 0.5) is 5.69 Å². The van der Waals surface area contributed by atoms with Crippen LogP contribution in [0.1, 0.15) is 25.4 Å². The molecule has 0 saturated carbocycles. The van der Waals surface area contributed by atoms with Crippen molar-refractivity contribution in [2.75, 3.05) is 4.90 Å². The maximum Gasteiger partial charge on any atom is 0.274 e. The number of fused-ring (bicyclic) bond motifs is 1. The van der Waals surface area contributed by atoms with Crippen LogP contribution in [0.3, 0.4) is 0 Å². The number of halogens is 1. The number of hydrogen-bond donors (Lipinski definition) is 1. The second-order valence-electron chi connectivity index (χ2n) is 6.10. The van der Waals surface area contributed by atoms with Gasteiger partial charge in [0, 0.05) is 28.4 Å². The van der Waals surface area contributed by atoms with E-state index in [1.807, 2.05) is 13.8 Å². The van der Waals surface area contributed by atoms with E-state index in [4.69, 9.17) is 11.6 Å². The fourth-order valence-corrected chi connectivity index (χ4v) is 2.61. The fourth-order valence-electron chi connectivity index (χ4n) is 2.49. The third-order valence-electron chi connectivity index (χ3n) is 3.71. The molecule has 0 fully saturated rings. The van der Waals surface area contributed by atoms with Crippen LogP contribution in [0, 0.1) is 12.8 Å². The first-order valence-corrected chi connectivity index (χ1v) is 8.25. The number of benzene rings is 1. The van der Waals surface area contributed by atoms with E-state index in [-0.39, 0.29) is 29.7 Å². The van der Waals surface area contributed by atoms with Gasteiger partial charge in [-0.2, -0.15) is 9.50 Å². The summed E-state index contributed by atoms with van der Waals surface area (Å²) in [5.74, 6) is 0.509. The minimum Gasteiger partial charge on any atom is -0.305 e. The molecule has 25 heavy (non-hydrogen) atoms. The van der Waals surface area contributed by atoms with E-state index in [1.54, 1.807) is 36.1 Å². The Hall–Kier alpha value is -2.67. The van der Waals surface area contributed by atoms with Crippen molar-refractivity contribution in [2.45, 2.75) is 27.3 Å². The number of rotatable bonds is 4. The number of nitrogens with one attached hydrogen (secondary N) is 1. The molecule has 0 spiro atoms. The average Bonchev–Trinajstić information content (AvgIpc) is 2.95. The Morgan fingerprint density at radius 2 is 1.96 bits per heavy atom. The van der Waals surface area contributed by atoms with Crippen molar-refractivity contribution in [3.63, 3.8) is 0 Å². The number of anilines is 1. The van der Waals surface area contributed by atoms with Gasteiger partial charge < -0.3 is 4.90 Å². The van der Waals surface area contributed by atoms with E-state index in [9.17, 15) is 9.59 Å². The van der Waals surface area contributed by atoms with Crippen molar-refractivity contribution in [3.05, 3.63) is 57.2 Å². The van der Waals surface area contributed by atoms with Crippen molar-refractivity contribution in [1.29, 1.82) is 0 Å². The molecule has 0 aliphatic heterocycles. The van der Waals surface area contributed by atoms with Gasteiger partial charge in [0.2, 0.25) is 5.91 Å². The number of amides is 1. The first-order chi connectivity index (χ1) is 11.8. The van der Waals surface area contributed by atoms with E-state index < -0.39 is 0 Å². The quantitative estimate of drug-likeness (QED) is 0.776. The third kappa shape index (κ3) is 3.56. The van der Waals surface area contributed by atoms with Gasteiger partial charge in [0.05, 0.1) is 6.54 Å². The first kappa shape index (κ1) is 17.2. The molecule has 3 rings (SSSR count). The molecular weight excluding hydrogens is 342 g/mol. The molecule has 0 radical (unpaired) electrons. The summed E-state index contributed by atoms with van der Waals surface area (Å²) in [4.78, 5) is 34.8. The predicted octanol–water partition coefficient (Wildman–Crippen LogP) is 2.57. The van der Waals surface area contributed by atoms with Gasteiger partial charge in [-0.1, -0.05) is 25.4 Å². The van der Waals surface area contributed by atoms with E-state index in [2.05, 4.69) is 15.1 Å². The second kappa shape index (κ2) is 6.68. The topological polar surface area (TPSA) is 83.4 Å². The van der Waals surface area contributed by atoms with Crippen LogP contribution in [-0.4, -0.2) is 25.5 Å². The van der Waals surface area contributed by atoms with E-state index in [0.717, 1.165) is 0 Å². The molecule has 0 aliphatic carbocycles. The van der Waals surface area contributed by atoms with E-state index in [0.29, 0.717) is 22.2 Å². The normalized spacial score (nSPS) is 11.2. The monoisotopic (exact) mass is 359 g/mol. The van der Waals surface area contributed by atoms with Crippen molar-refractivity contribution in [1.82, 2.24) is 19.6 Å². The minimum absolute atomic E-state index is 0.0562. The lowest BCUT2D eigenvalue weighted by atomic mass is 10.1. The van der Waals surface area contributed by atoms with Gasteiger partial charge in [-0.05, 0) is 31.2 Å². The number of nitrogens with zero attached hydrogens (tertiary/aromatic N) is 4. The number of carbonyl (C=O) groups is 1. The van der Waals surface area contributed by atoms with E-state index in [1.165, 1.54) is 10.6 Å². The van der Waals surface area contributed by atoms with Gasteiger partial charge in [-0.15, -0.1) is 0 Å². The molecule has 0 unspecified atom stereocenters. The molecule has 8 heteroatoms. The summed E-state index contributed by atoms with van der Waals surface area (Å²) >= 11 is 5.94. The smallest absolute Gasteiger partial charge is 0.274 e. The SMILES string of the molecule is Cc1cc(=O)n2[nH]c(CN(C(=O)C(C)C)c3ccc(Cl)cc3)nc2n1. The molecule has 0 aliphatic rings. The Bertz CT molecular complexity index is 975. The van der Waals surface area contributed by atoms with Crippen LogP contribution in [0.15, 0.2) is 35.1 Å². The van der Waals surface area contributed by atoms with Crippen molar-refractivity contribution >= 4 is 29.0 Å². The lowest BCUT2D eigenvalue weighted by Gasteiger charge is -2.23. The third-order valence-corrected chi connectivity index (χ3v) is 3.96.